The Morgan fingerprint density at radius 3 is 2.50 bits per heavy atom. The monoisotopic (exact) mass is 244 g/mol. The van der Waals surface area contributed by atoms with Crippen molar-refractivity contribution >= 4 is 17.1 Å². The summed E-state index contributed by atoms with van der Waals surface area (Å²) in [6, 6.07) is 12.9. The number of halogens is 1. The Hall–Kier alpha value is -2.03. The molecule has 0 unspecified atom stereocenters. The van der Waals surface area contributed by atoms with Gasteiger partial charge in [-0.3, -0.25) is 0 Å². The maximum absolute atomic E-state index is 13.3. The maximum Gasteiger partial charge on any atom is 0.148 e. The first kappa shape index (κ1) is 12.4. The van der Waals surface area contributed by atoms with E-state index in [1.165, 1.54) is 11.6 Å². The lowest BCUT2D eigenvalue weighted by molar-refractivity contribution is 0.633. The normalized spacial score (nSPS) is 10.3. The van der Waals surface area contributed by atoms with Gasteiger partial charge in [-0.1, -0.05) is 31.5 Å². The third-order valence-corrected chi connectivity index (χ3v) is 2.82. The topological polar surface area (TPSA) is 38.0 Å². The first-order chi connectivity index (χ1) is 8.70. The van der Waals surface area contributed by atoms with Crippen LogP contribution >= 0.6 is 0 Å². The molecule has 2 aromatic rings. The number of nitrogens with one attached hydrogen (secondary N) is 1. The molecule has 2 nitrogen and oxygen atoms in total. The van der Waals surface area contributed by atoms with Gasteiger partial charge in [-0.25, -0.2) is 4.39 Å². The van der Waals surface area contributed by atoms with Crippen LogP contribution < -0.4 is 11.1 Å². The zero-order valence-corrected chi connectivity index (χ0v) is 10.4. The number of anilines is 3. The van der Waals surface area contributed by atoms with Gasteiger partial charge in [-0.15, -0.1) is 0 Å². The third-order valence-electron chi connectivity index (χ3n) is 2.82. The highest BCUT2D eigenvalue weighted by atomic mass is 19.1. The van der Waals surface area contributed by atoms with Gasteiger partial charge in [-0.05, 0) is 36.2 Å². The second-order valence-corrected chi connectivity index (χ2v) is 4.27. The van der Waals surface area contributed by atoms with Crippen molar-refractivity contribution in [2.24, 2.45) is 0 Å². The van der Waals surface area contributed by atoms with Crippen LogP contribution in [0.4, 0.5) is 21.5 Å². The first-order valence-electron chi connectivity index (χ1n) is 6.10. The minimum absolute atomic E-state index is 0.148. The van der Waals surface area contributed by atoms with Crippen LogP contribution in [0.2, 0.25) is 0 Å². The summed E-state index contributed by atoms with van der Waals surface area (Å²) in [4.78, 5) is 0. The van der Waals surface area contributed by atoms with Crippen molar-refractivity contribution in [3.05, 3.63) is 53.8 Å². The lowest BCUT2D eigenvalue weighted by Crippen LogP contribution is -1.98. The third kappa shape index (κ3) is 2.80. The Bertz CT molecular complexity index is 521. The molecule has 0 saturated heterocycles. The van der Waals surface area contributed by atoms with E-state index in [4.69, 9.17) is 5.73 Å². The van der Waals surface area contributed by atoms with Crippen LogP contribution in [0.3, 0.4) is 0 Å². The van der Waals surface area contributed by atoms with Crippen LogP contribution in [0.15, 0.2) is 42.5 Å². The van der Waals surface area contributed by atoms with Crippen molar-refractivity contribution in [3.63, 3.8) is 0 Å². The molecule has 0 radical (unpaired) electrons. The molecule has 0 aliphatic rings. The molecule has 3 N–H and O–H groups in total. The molecule has 2 rings (SSSR count). The summed E-state index contributed by atoms with van der Waals surface area (Å²) < 4.78 is 13.3. The van der Waals surface area contributed by atoms with Crippen molar-refractivity contribution < 1.29 is 4.39 Å². The summed E-state index contributed by atoms with van der Waals surface area (Å²) >= 11 is 0. The van der Waals surface area contributed by atoms with Gasteiger partial charge in [0, 0.05) is 5.69 Å². The molecule has 0 saturated carbocycles. The molecular formula is C15H17FN2. The Kier molecular flexibility index (Phi) is 3.82. The average molecular weight is 244 g/mol. The van der Waals surface area contributed by atoms with Crippen molar-refractivity contribution in [2.45, 2.75) is 19.8 Å². The molecule has 3 heteroatoms. The van der Waals surface area contributed by atoms with Crippen LogP contribution in [0.1, 0.15) is 18.9 Å². The lowest BCUT2D eigenvalue weighted by atomic mass is 10.1. The van der Waals surface area contributed by atoms with E-state index in [2.05, 4.69) is 24.4 Å². The molecule has 0 amide bonds. The van der Waals surface area contributed by atoms with E-state index in [-0.39, 0.29) is 5.69 Å². The molecular weight excluding hydrogens is 227 g/mol. The standard InChI is InChI=1S/C15H17FN2/c1-2-4-11-7-9-12(10-8-11)18-14-6-3-5-13(16)15(14)17/h3,5-10,18H,2,4,17H2,1H3. The number of nitrogen functional groups attached to an aromatic ring is 1. The first-order valence-corrected chi connectivity index (χ1v) is 6.10. The van der Waals surface area contributed by atoms with Gasteiger partial charge in [-0.2, -0.15) is 0 Å². The summed E-state index contributed by atoms with van der Waals surface area (Å²) in [6.07, 6.45) is 2.20. The number of aryl methyl sites for hydroxylation is 1. The van der Waals surface area contributed by atoms with E-state index in [9.17, 15) is 4.39 Å². The lowest BCUT2D eigenvalue weighted by Gasteiger charge is -2.10. The van der Waals surface area contributed by atoms with Gasteiger partial charge >= 0.3 is 0 Å². The van der Waals surface area contributed by atoms with Crippen LogP contribution in [0.5, 0.6) is 0 Å². The molecule has 0 aliphatic carbocycles. The van der Waals surface area contributed by atoms with E-state index in [1.807, 2.05) is 12.1 Å². The number of hydrogen-bond acceptors (Lipinski definition) is 2. The van der Waals surface area contributed by atoms with Crippen LogP contribution in [-0.4, -0.2) is 0 Å². The molecule has 0 aliphatic heterocycles. The minimum Gasteiger partial charge on any atom is -0.395 e. The van der Waals surface area contributed by atoms with Gasteiger partial charge in [0.2, 0.25) is 0 Å². The molecule has 0 fully saturated rings. The van der Waals surface area contributed by atoms with Crippen LogP contribution in [0, 0.1) is 5.82 Å². The summed E-state index contributed by atoms with van der Waals surface area (Å²) in [5.41, 5.74) is 8.62. The molecule has 0 aromatic heterocycles. The van der Waals surface area contributed by atoms with E-state index < -0.39 is 5.82 Å². The largest absolute Gasteiger partial charge is 0.395 e. The molecule has 2 aromatic carbocycles. The van der Waals surface area contributed by atoms with Crippen molar-refractivity contribution in [1.82, 2.24) is 0 Å². The van der Waals surface area contributed by atoms with Crippen molar-refractivity contribution in [1.29, 1.82) is 0 Å². The highest BCUT2D eigenvalue weighted by molar-refractivity contribution is 5.72. The van der Waals surface area contributed by atoms with E-state index >= 15 is 0 Å². The summed E-state index contributed by atoms with van der Waals surface area (Å²) in [7, 11) is 0. The Balaban J connectivity index is 2.16. The molecule has 0 atom stereocenters. The average Bonchev–Trinajstić information content (AvgIpc) is 2.38. The Labute approximate surface area is 107 Å². The number of rotatable bonds is 4. The molecule has 0 spiro atoms. The van der Waals surface area contributed by atoms with Gasteiger partial charge < -0.3 is 11.1 Å². The molecule has 0 heterocycles. The van der Waals surface area contributed by atoms with Crippen LogP contribution in [0.25, 0.3) is 0 Å². The summed E-state index contributed by atoms with van der Waals surface area (Å²) in [6.45, 7) is 2.15. The quantitative estimate of drug-likeness (QED) is 0.794. The van der Waals surface area contributed by atoms with E-state index in [0.717, 1.165) is 18.5 Å². The number of nitrogens with two attached hydrogens (primary N) is 1. The smallest absolute Gasteiger partial charge is 0.148 e. The van der Waals surface area contributed by atoms with Gasteiger partial charge in [0.25, 0.3) is 0 Å². The minimum atomic E-state index is -0.400. The Morgan fingerprint density at radius 1 is 1.11 bits per heavy atom. The highest BCUT2D eigenvalue weighted by Gasteiger charge is 2.04. The van der Waals surface area contributed by atoms with E-state index in [0.29, 0.717) is 5.69 Å². The van der Waals surface area contributed by atoms with Crippen molar-refractivity contribution in [2.75, 3.05) is 11.1 Å². The SMILES string of the molecule is CCCc1ccc(Nc2cccc(F)c2N)cc1. The van der Waals surface area contributed by atoms with Gasteiger partial charge in [0.1, 0.15) is 5.82 Å². The second-order valence-electron chi connectivity index (χ2n) is 4.27. The second kappa shape index (κ2) is 5.54. The number of benzene rings is 2. The van der Waals surface area contributed by atoms with Gasteiger partial charge in [0.05, 0.1) is 11.4 Å². The summed E-state index contributed by atoms with van der Waals surface area (Å²) in [5.74, 6) is -0.400. The zero-order valence-electron chi connectivity index (χ0n) is 10.4. The fraction of sp³-hybridized carbons (Fsp3) is 0.200. The Morgan fingerprint density at radius 2 is 1.83 bits per heavy atom. The highest BCUT2D eigenvalue weighted by Crippen LogP contribution is 2.25. The number of hydrogen-bond donors (Lipinski definition) is 2. The fourth-order valence-electron chi connectivity index (χ4n) is 1.84. The maximum atomic E-state index is 13.3. The predicted molar refractivity (Wildman–Crippen MR) is 74.5 cm³/mol. The zero-order chi connectivity index (χ0) is 13.0. The fourth-order valence-corrected chi connectivity index (χ4v) is 1.84. The van der Waals surface area contributed by atoms with Gasteiger partial charge in [0.15, 0.2) is 0 Å². The molecule has 18 heavy (non-hydrogen) atoms. The molecule has 0 bridgehead atoms. The predicted octanol–water partition coefficient (Wildman–Crippen LogP) is 4.10. The van der Waals surface area contributed by atoms with E-state index in [1.54, 1.807) is 12.1 Å². The molecule has 94 valence electrons. The van der Waals surface area contributed by atoms with Crippen LogP contribution in [-0.2, 0) is 6.42 Å². The summed E-state index contributed by atoms with van der Waals surface area (Å²) in [5, 5.41) is 3.12. The number of para-hydroxylation sites is 1. The van der Waals surface area contributed by atoms with Crippen molar-refractivity contribution in [3.8, 4) is 0 Å².